The van der Waals surface area contributed by atoms with Crippen molar-refractivity contribution in [3.63, 3.8) is 0 Å². The van der Waals surface area contributed by atoms with Gasteiger partial charge in [0, 0.05) is 41.1 Å². The van der Waals surface area contributed by atoms with E-state index in [1.807, 2.05) is 32.0 Å². The van der Waals surface area contributed by atoms with Crippen molar-refractivity contribution >= 4 is 77.9 Å². The SMILES string of the molecule is Pc1ccc2sc(SI)c(Sc3ccccc3)c2c1. The van der Waals surface area contributed by atoms with Crippen LogP contribution < -0.4 is 5.30 Å². The summed E-state index contributed by atoms with van der Waals surface area (Å²) in [6.07, 6.45) is 0. The normalized spacial score (nSPS) is 11.1. The quantitative estimate of drug-likeness (QED) is 0.368. The molecule has 0 fully saturated rings. The molecule has 0 saturated heterocycles. The maximum Gasteiger partial charge on any atom is 0.0854 e. The Morgan fingerprint density at radius 2 is 1.84 bits per heavy atom. The van der Waals surface area contributed by atoms with Gasteiger partial charge < -0.3 is 0 Å². The molecular formula is C14H10IPS3. The zero-order valence-corrected chi connectivity index (χ0v) is 15.6. The van der Waals surface area contributed by atoms with Crippen LogP contribution in [0.25, 0.3) is 10.1 Å². The second-order valence-corrected chi connectivity index (χ2v) is 8.91. The molecule has 0 nitrogen and oxygen atoms in total. The third kappa shape index (κ3) is 3.13. The molecule has 1 aromatic heterocycles. The predicted octanol–water partition coefficient (Wildman–Crippen LogP) is 6.00. The molecular weight excluding hydrogens is 422 g/mol. The monoisotopic (exact) mass is 432 g/mol. The van der Waals surface area contributed by atoms with Crippen molar-refractivity contribution in [2.45, 2.75) is 14.0 Å². The van der Waals surface area contributed by atoms with E-state index in [0.29, 0.717) is 0 Å². The van der Waals surface area contributed by atoms with Gasteiger partial charge in [-0.3, -0.25) is 0 Å². The van der Waals surface area contributed by atoms with Crippen molar-refractivity contribution in [2.75, 3.05) is 0 Å². The molecule has 1 atom stereocenters. The van der Waals surface area contributed by atoms with E-state index in [9.17, 15) is 0 Å². The Balaban J connectivity index is 2.12. The molecule has 3 rings (SSSR count). The minimum atomic E-state index is 1.24. The average molecular weight is 432 g/mol. The van der Waals surface area contributed by atoms with Gasteiger partial charge >= 0.3 is 0 Å². The Bertz CT molecular complexity index is 709. The number of thiophene rings is 1. The van der Waals surface area contributed by atoms with Crippen LogP contribution >= 0.6 is 62.5 Å². The summed E-state index contributed by atoms with van der Waals surface area (Å²) in [5, 5.41) is 2.61. The molecule has 0 aliphatic heterocycles. The first-order valence-electron chi connectivity index (χ1n) is 5.61. The van der Waals surface area contributed by atoms with E-state index in [4.69, 9.17) is 0 Å². The maximum atomic E-state index is 2.79. The lowest BCUT2D eigenvalue weighted by Gasteiger charge is -2.02. The van der Waals surface area contributed by atoms with E-state index in [1.54, 1.807) is 0 Å². The van der Waals surface area contributed by atoms with Crippen molar-refractivity contribution in [2.24, 2.45) is 0 Å². The first-order valence-corrected chi connectivity index (χ1v) is 11.2. The molecule has 0 saturated carbocycles. The summed E-state index contributed by atoms with van der Waals surface area (Å²) in [6.45, 7) is 0. The van der Waals surface area contributed by atoms with Crippen molar-refractivity contribution in [3.8, 4) is 0 Å². The zero-order chi connectivity index (χ0) is 13.2. The molecule has 3 aromatic rings. The summed E-state index contributed by atoms with van der Waals surface area (Å²) in [5.74, 6) is 0. The number of hydrogen-bond acceptors (Lipinski definition) is 3. The van der Waals surface area contributed by atoms with Gasteiger partial charge in [-0.2, -0.15) is 0 Å². The topological polar surface area (TPSA) is 0 Å². The van der Waals surface area contributed by atoms with Gasteiger partial charge in [0.1, 0.15) is 0 Å². The zero-order valence-electron chi connectivity index (χ0n) is 9.80. The van der Waals surface area contributed by atoms with Crippen LogP contribution in [0.15, 0.2) is 62.5 Å². The van der Waals surface area contributed by atoms with E-state index in [1.165, 1.54) is 29.4 Å². The molecule has 5 heteroatoms. The number of rotatable bonds is 3. The van der Waals surface area contributed by atoms with Crippen molar-refractivity contribution in [1.82, 2.24) is 0 Å². The van der Waals surface area contributed by atoms with Gasteiger partial charge in [-0.05, 0) is 38.5 Å². The fraction of sp³-hybridized carbons (Fsp3) is 0. The highest BCUT2D eigenvalue weighted by Crippen LogP contribution is 2.47. The van der Waals surface area contributed by atoms with Crippen molar-refractivity contribution < 1.29 is 0 Å². The van der Waals surface area contributed by atoms with E-state index < -0.39 is 0 Å². The van der Waals surface area contributed by atoms with Crippen LogP contribution in [-0.4, -0.2) is 0 Å². The average Bonchev–Trinajstić information content (AvgIpc) is 2.78. The van der Waals surface area contributed by atoms with Gasteiger partial charge in [-0.15, -0.1) is 20.6 Å². The third-order valence-corrected chi connectivity index (χ3v) is 8.45. The highest BCUT2D eigenvalue weighted by atomic mass is 127. The minimum absolute atomic E-state index is 1.24. The van der Waals surface area contributed by atoms with Crippen LogP contribution in [0.4, 0.5) is 0 Å². The van der Waals surface area contributed by atoms with Crippen LogP contribution in [-0.2, 0) is 0 Å². The fourth-order valence-corrected chi connectivity index (χ4v) is 6.85. The van der Waals surface area contributed by atoms with Crippen LogP contribution in [0, 0.1) is 0 Å². The van der Waals surface area contributed by atoms with Gasteiger partial charge in [0.25, 0.3) is 0 Å². The first kappa shape index (κ1) is 14.2. The third-order valence-electron chi connectivity index (χ3n) is 2.67. The lowest BCUT2D eigenvalue weighted by atomic mass is 10.3. The molecule has 0 bridgehead atoms. The van der Waals surface area contributed by atoms with Crippen LogP contribution in [0.5, 0.6) is 0 Å². The second-order valence-electron chi connectivity index (χ2n) is 3.97. The lowest BCUT2D eigenvalue weighted by Crippen LogP contribution is -1.86. The number of benzene rings is 2. The summed E-state index contributed by atoms with van der Waals surface area (Å²) >= 11 is 6.11. The highest BCUT2D eigenvalue weighted by Gasteiger charge is 2.13. The Morgan fingerprint density at radius 3 is 2.58 bits per heavy atom. The predicted molar refractivity (Wildman–Crippen MR) is 102 cm³/mol. The molecule has 0 spiro atoms. The Morgan fingerprint density at radius 1 is 1.05 bits per heavy atom. The van der Waals surface area contributed by atoms with E-state index in [-0.39, 0.29) is 0 Å². The molecule has 0 aliphatic rings. The molecule has 1 heterocycles. The molecule has 0 radical (unpaired) electrons. The number of hydrogen-bond donors (Lipinski definition) is 0. The number of halogens is 1. The van der Waals surface area contributed by atoms with Crippen molar-refractivity contribution in [3.05, 3.63) is 48.5 Å². The molecule has 2 aromatic carbocycles. The van der Waals surface area contributed by atoms with Gasteiger partial charge in [-0.25, -0.2) is 0 Å². The fourth-order valence-electron chi connectivity index (χ4n) is 1.82. The highest BCUT2D eigenvalue weighted by molar-refractivity contribution is 14.2. The van der Waals surface area contributed by atoms with Gasteiger partial charge in [0.2, 0.25) is 0 Å². The second kappa shape index (κ2) is 6.35. The van der Waals surface area contributed by atoms with Gasteiger partial charge in [0.05, 0.1) is 4.21 Å². The maximum absolute atomic E-state index is 2.79. The molecule has 19 heavy (non-hydrogen) atoms. The molecule has 1 unspecified atom stereocenters. The Hall–Kier alpha value is 0.260. The van der Waals surface area contributed by atoms with Crippen LogP contribution in [0.3, 0.4) is 0 Å². The molecule has 0 N–H and O–H groups in total. The Kier molecular flexibility index (Phi) is 4.75. The summed E-state index contributed by atoms with van der Waals surface area (Å²) in [6, 6.07) is 17.2. The molecule has 0 aliphatic carbocycles. The summed E-state index contributed by atoms with van der Waals surface area (Å²) in [7, 11) is 4.59. The van der Waals surface area contributed by atoms with E-state index in [0.717, 1.165) is 0 Å². The van der Waals surface area contributed by atoms with E-state index in [2.05, 4.69) is 79.0 Å². The molecule has 0 amide bonds. The van der Waals surface area contributed by atoms with Crippen LogP contribution in [0.1, 0.15) is 0 Å². The standard InChI is InChI=1S/C14H10IPS3/c15-19-14-13(17-10-4-2-1-3-5-10)11-8-9(16)6-7-12(11)18-14/h1-8H,16H2. The largest absolute Gasteiger partial charge is 0.127 e. The van der Waals surface area contributed by atoms with E-state index >= 15 is 0 Å². The Labute approximate surface area is 139 Å². The minimum Gasteiger partial charge on any atom is -0.127 e. The first-order chi connectivity index (χ1) is 9.28. The summed E-state index contributed by atoms with van der Waals surface area (Å²) in [4.78, 5) is 2.68. The van der Waals surface area contributed by atoms with Gasteiger partial charge in [0.15, 0.2) is 0 Å². The number of fused-ring (bicyclic) bond motifs is 1. The van der Waals surface area contributed by atoms with Crippen LogP contribution in [0.2, 0.25) is 0 Å². The lowest BCUT2D eigenvalue weighted by molar-refractivity contribution is 1.40. The summed E-state index contributed by atoms with van der Waals surface area (Å²) in [5.41, 5.74) is 0. The van der Waals surface area contributed by atoms with Crippen molar-refractivity contribution in [1.29, 1.82) is 0 Å². The summed E-state index contributed by atoms with van der Waals surface area (Å²) < 4.78 is 2.75. The molecule has 96 valence electrons. The smallest absolute Gasteiger partial charge is 0.0854 e. The van der Waals surface area contributed by atoms with Gasteiger partial charge in [-0.1, -0.05) is 36.0 Å².